The summed E-state index contributed by atoms with van der Waals surface area (Å²) >= 11 is 3.51. The fraction of sp³-hybridized carbons (Fsp3) is 0.571. The van der Waals surface area contributed by atoms with E-state index >= 15 is 0 Å². The van der Waals surface area contributed by atoms with Gasteiger partial charge >= 0.3 is 0 Å². The number of aliphatic hydroxyl groups excluding tert-OH is 1. The quantitative estimate of drug-likeness (QED) is 0.894. The summed E-state index contributed by atoms with van der Waals surface area (Å²) in [6.07, 6.45) is 0.155. The first-order valence-electron chi connectivity index (χ1n) is 6.56. The molecule has 5 heteroatoms. The summed E-state index contributed by atoms with van der Waals surface area (Å²) in [5, 5.41) is 10.2. The first-order valence-corrected chi connectivity index (χ1v) is 7.35. The summed E-state index contributed by atoms with van der Waals surface area (Å²) in [6.45, 7) is 5.60. The standard InChI is InChI=1S/C14H20BrNO3/c1-8(2)12-13(10(17)7-16)9(15)6-11-14(12)19-5-3-4-18-11/h6,8,10,17H,3-5,7,16H2,1-2H3. The van der Waals surface area contributed by atoms with E-state index in [1.807, 2.05) is 6.07 Å². The smallest absolute Gasteiger partial charge is 0.165 e. The lowest BCUT2D eigenvalue weighted by Crippen LogP contribution is -2.16. The maximum Gasteiger partial charge on any atom is 0.165 e. The van der Waals surface area contributed by atoms with Crippen LogP contribution in [0.1, 0.15) is 43.4 Å². The molecule has 0 fully saturated rings. The molecule has 1 aliphatic heterocycles. The predicted molar refractivity (Wildman–Crippen MR) is 77.9 cm³/mol. The Hall–Kier alpha value is -0.780. The van der Waals surface area contributed by atoms with E-state index in [0.717, 1.165) is 33.5 Å². The highest BCUT2D eigenvalue weighted by Crippen LogP contribution is 2.45. The van der Waals surface area contributed by atoms with E-state index in [4.69, 9.17) is 15.2 Å². The summed E-state index contributed by atoms with van der Waals surface area (Å²) in [5.74, 6) is 1.70. The largest absolute Gasteiger partial charge is 0.490 e. The van der Waals surface area contributed by atoms with Crippen LogP contribution in [-0.4, -0.2) is 24.9 Å². The Morgan fingerprint density at radius 1 is 1.32 bits per heavy atom. The van der Waals surface area contributed by atoms with Crippen molar-refractivity contribution in [3.05, 3.63) is 21.7 Å². The van der Waals surface area contributed by atoms with Crippen molar-refractivity contribution >= 4 is 15.9 Å². The first kappa shape index (κ1) is 14.6. The van der Waals surface area contributed by atoms with Crippen LogP contribution in [0.3, 0.4) is 0 Å². The maximum atomic E-state index is 10.2. The van der Waals surface area contributed by atoms with Crippen molar-refractivity contribution in [2.75, 3.05) is 19.8 Å². The van der Waals surface area contributed by atoms with Crippen molar-refractivity contribution in [1.29, 1.82) is 0 Å². The molecule has 0 spiro atoms. The molecule has 106 valence electrons. The second-order valence-electron chi connectivity index (χ2n) is 4.97. The van der Waals surface area contributed by atoms with Gasteiger partial charge in [0.1, 0.15) is 0 Å². The van der Waals surface area contributed by atoms with Gasteiger partial charge in [-0.3, -0.25) is 0 Å². The SMILES string of the molecule is CC(C)c1c2c(cc(Br)c1C(O)CN)OCCCO2. The number of halogens is 1. The second kappa shape index (κ2) is 6.11. The van der Waals surface area contributed by atoms with Crippen LogP contribution in [-0.2, 0) is 0 Å². The zero-order valence-corrected chi connectivity index (χ0v) is 12.9. The van der Waals surface area contributed by atoms with Crippen LogP contribution in [0.25, 0.3) is 0 Å². The molecule has 4 nitrogen and oxygen atoms in total. The average Bonchev–Trinajstić information content (AvgIpc) is 2.60. The number of hydrogen-bond acceptors (Lipinski definition) is 4. The number of ether oxygens (including phenoxy) is 2. The number of nitrogens with two attached hydrogens (primary N) is 1. The summed E-state index contributed by atoms with van der Waals surface area (Å²) in [6, 6.07) is 1.86. The molecule has 1 heterocycles. The van der Waals surface area contributed by atoms with Gasteiger partial charge < -0.3 is 20.3 Å². The maximum absolute atomic E-state index is 10.2. The summed E-state index contributed by atoms with van der Waals surface area (Å²) in [4.78, 5) is 0. The van der Waals surface area contributed by atoms with Crippen LogP contribution < -0.4 is 15.2 Å². The van der Waals surface area contributed by atoms with Crippen LogP contribution in [0.15, 0.2) is 10.5 Å². The molecule has 0 bridgehead atoms. The number of aliphatic hydroxyl groups is 1. The lowest BCUT2D eigenvalue weighted by Gasteiger charge is -2.23. The Morgan fingerprint density at radius 3 is 2.63 bits per heavy atom. The van der Waals surface area contributed by atoms with Gasteiger partial charge in [-0.25, -0.2) is 0 Å². The molecule has 1 unspecified atom stereocenters. The van der Waals surface area contributed by atoms with Crippen molar-refractivity contribution in [3.63, 3.8) is 0 Å². The Kier molecular flexibility index (Phi) is 4.71. The number of rotatable bonds is 3. The highest BCUT2D eigenvalue weighted by Gasteiger charge is 2.26. The zero-order valence-electron chi connectivity index (χ0n) is 11.3. The molecule has 1 aromatic rings. The molecular formula is C14H20BrNO3. The normalized spacial score (nSPS) is 16.3. The lowest BCUT2D eigenvalue weighted by atomic mass is 9.92. The molecule has 1 aromatic carbocycles. The molecule has 0 aliphatic carbocycles. The molecule has 19 heavy (non-hydrogen) atoms. The summed E-state index contributed by atoms with van der Waals surface area (Å²) in [5.41, 5.74) is 7.39. The highest BCUT2D eigenvalue weighted by molar-refractivity contribution is 9.10. The zero-order chi connectivity index (χ0) is 14.0. The number of benzene rings is 1. The molecule has 1 atom stereocenters. The van der Waals surface area contributed by atoms with Gasteiger partial charge in [0.2, 0.25) is 0 Å². The minimum Gasteiger partial charge on any atom is -0.490 e. The molecule has 2 rings (SSSR count). The Bertz CT molecular complexity index is 462. The van der Waals surface area contributed by atoms with Crippen molar-refractivity contribution in [1.82, 2.24) is 0 Å². The topological polar surface area (TPSA) is 64.7 Å². The van der Waals surface area contributed by atoms with Crippen LogP contribution in [0.4, 0.5) is 0 Å². The van der Waals surface area contributed by atoms with Gasteiger partial charge in [0.15, 0.2) is 11.5 Å². The predicted octanol–water partition coefficient (Wildman–Crippen LogP) is 2.73. The first-order chi connectivity index (χ1) is 9.06. The van der Waals surface area contributed by atoms with E-state index in [-0.39, 0.29) is 12.5 Å². The van der Waals surface area contributed by atoms with Crippen molar-refractivity contribution in [2.24, 2.45) is 5.73 Å². The van der Waals surface area contributed by atoms with Gasteiger partial charge in [-0.1, -0.05) is 29.8 Å². The molecule has 0 saturated carbocycles. The molecule has 0 aromatic heterocycles. The van der Waals surface area contributed by atoms with Crippen LogP contribution in [0.5, 0.6) is 11.5 Å². The molecule has 0 amide bonds. The van der Waals surface area contributed by atoms with Crippen LogP contribution in [0, 0.1) is 0 Å². The van der Waals surface area contributed by atoms with E-state index in [9.17, 15) is 5.11 Å². The highest BCUT2D eigenvalue weighted by atomic mass is 79.9. The average molecular weight is 330 g/mol. The lowest BCUT2D eigenvalue weighted by molar-refractivity contribution is 0.183. The Balaban J connectivity index is 2.64. The van der Waals surface area contributed by atoms with Gasteiger partial charge in [-0.05, 0) is 12.0 Å². The van der Waals surface area contributed by atoms with E-state index in [1.165, 1.54) is 0 Å². The van der Waals surface area contributed by atoms with Gasteiger partial charge in [-0.2, -0.15) is 0 Å². The van der Waals surface area contributed by atoms with Crippen LogP contribution >= 0.6 is 15.9 Å². The molecular weight excluding hydrogens is 310 g/mol. The second-order valence-corrected chi connectivity index (χ2v) is 5.82. The van der Waals surface area contributed by atoms with E-state index < -0.39 is 6.10 Å². The van der Waals surface area contributed by atoms with Crippen molar-refractivity contribution in [2.45, 2.75) is 32.3 Å². The third-order valence-corrected chi connectivity index (χ3v) is 3.86. The number of hydrogen-bond donors (Lipinski definition) is 2. The van der Waals surface area contributed by atoms with E-state index in [1.54, 1.807) is 0 Å². The van der Waals surface area contributed by atoms with Crippen molar-refractivity contribution < 1.29 is 14.6 Å². The van der Waals surface area contributed by atoms with E-state index in [0.29, 0.717) is 13.2 Å². The minimum atomic E-state index is -0.705. The molecule has 3 N–H and O–H groups in total. The third kappa shape index (κ3) is 2.88. The van der Waals surface area contributed by atoms with Gasteiger partial charge in [-0.15, -0.1) is 0 Å². The minimum absolute atomic E-state index is 0.179. The van der Waals surface area contributed by atoms with Gasteiger partial charge in [0.25, 0.3) is 0 Å². The summed E-state index contributed by atoms with van der Waals surface area (Å²) in [7, 11) is 0. The van der Waals surface area contributed by atoms with Gasteiger partial charge in [0.05, 0.1) is 19.3 Å². The monoisotopic (exact) mass is 329 g/mol. The van der Waals surface area contributed by atoms with E-state index in [2.05, 4.69) is 29.8 Å². The molecule has 0 radical (unpaired) electrons. The molecule has 1 aliphatic rings. The Labute approximate surface area is 122 Å². The fourth-order valence-electron chi connectivity index (χ4n) is 2.34. The number of fused-ring (bicyclic) bond motifs is 1. The van der Waals surface area contributed by atoms with Gasteiger partial charge in [0, 0.05) is 28.6 Å². The Morgan fingerprint density at radius 2 is 2.00 bits per heavy atom. The molecule has 0 saturated heterocycles. The van der Waals surface area contributed by atoms with Crippen molar-refractivity contribution in [3.8, 4) is 11.5 Å². The fourth-order valence-corrected chi connectivity index (χ4v) is 3.03. The summed E-state index contributed by atoms with van der Waals surface area (Å²) < 4.78 is 12.4. The third-order valence-electron chi connectivity index (χ3n) is 3.20. The van der Waals surface area contributed by atoms with Crippen LogP contribution in [0.2, 0.25) is 0 Å².